The number of benzene rings is 1. The van der Waals surface area contributed by atoms with Crippen LogP contribution in [0.15, 0.2) is 29.1 Å². The van der Waals surface area contributed by atoms with E-state index in [1.54, 1.807) is 13.0 Å². The molecule has 2 aromatic rings. The lowest BCUT2D eigenvalue weighted by Gasteiger charge is -2.30. The number of rotatable bonds is 6. The number of carbonyl (C=O) groups excluding carboxylic acids is 1. The summed E-state index contributed by atoms with van der Waals surface area (Å²) in [6.45, 7) is 4.05. The first-order chi connectivity index (χ1) is 12.9. The molecule has 1 heterocycles. The van der Waals surface area contributed by atoms with Crippen molar-refractivity contribution in [3.05, 3.63) is 63.1 Å². The highest BCUT2D eigenvalue weighted by Gasteiger charge is 2.37. The molecular formula is C21H26FN3O2. The third-order valence-corrected chi connectivity index (χ3v) is 5.68. The van der Waals surface area contributed by atoms with E-state index in [4.69, 9.17) is 0 Å². The maximum absolute atomic E-state index is 14.4. The van der Waals surface area contributed by atoms with E-state index in [0.717, 1.165) is 36.9 Å². The molecule has 27 heavy (non-hydrogen) atoms. The zero-order chi connectivity index (χ0) is 19.4. The van der Waals surface area contributed by atoms with Gasteiger partial charge in [-0.25, -0.2) is 9.18 Å². The summed E-state index contributed by atoms with van der Waals surface area (Å²) < 4.78 is 14.4. The van der Waals surface area contributed by atoms with E-state index in [0.29, 0.717) is 30.6 Å². The first-order valence-corrected chi connectivity index (χ1v) is 9.49. The molecular weight excluding hydrogens is 345 g/mol. The van der Waals surface area contributed by atoms with Crippen molar-refractivity contribution in [2.24, 2.45) is 0 Å². The summed E-state index contributed by atoms with van der Waals surface area (Å²) in [4.78, 5) is 30.4. The van der Waals surface area contributed by atoms with E-state index in [1.165, 1.54) is 6.07 Å². The van der Waals surface area contributed by atoms with Crippen molar-refractivity contribution >= 4 is 5.91 Å². The zero-order valence-corrected chi connectivity index (χ0v) is 15.9. The van der Waals surface area contributed by atoms with Crippen LogP contribution in [0.4, 0.5) is 4.39 Å². The number of amides is 1. The van der Waals surface area contributed by atoms with Crippen LogP contribution in [0.25, 0.3) is 0 Å². The lowest BCUT2D eigenvalue weighted by Crippen LogP contribution is -2.39. The molecule has 0 saturated heterocycles. The highest BCUT2D eigenvalue weighted by molar-refractivity contribution is 5.76. The monoisotopic (exact) mass is 371 g/mol. The molecule has 0 unspecified atom stereocenters. The minimum atomic E-state index is -0.369. The Bertz CT molecular complexity index is 859. The molecule has 6 heteroatoms. The molecule has 1 amide bonds. The van der Waals surface area contributed by atoms with E-state index < -0.39 is 0 Å². The van der Waals surface area contributed by atoms with Gasteiger partial charge in [-0.3, -0.25) is 4.79 Å². The second-order valence-corrected chi connectivity index (χ2v) is 7.47. The molecule has 1 aliphatic carbocycles. The molecule has 144 valence electrons. The van der Waals surface area contributed by atoms with E-state index in [-0.39, 0.29) is 22.8 Å². The number of carbonyl (C=O) groups is 1. The van der Waals surface area contributed by atoms with Gasteiger partial charge in [-0.1, -0.05) is 31.0 Å². The van der Waals surface area contributed by atoms with Crippen molar-refractivity contribution < 1.29 is 9.18 Å². The fourth-order valence-corrected chi connectivity index (χ4v) is 4.20. The average molecular weight is 371 g/mol. The lowest BCUT2D eigenvalue weighted by atomic mass is 9.78. The Balaban J connectivity index is 1.64. The molecule has 3 rings (SSSR count). The van der Waals surface area contributed by atoms with Crippen LogP contribution in [0, 0.1) is 19.7 Å². The molecule has 1 fully saturated rings. The normalized spacial score (nSPS) is 15.7. The Kier molecular flexibility index (Phi) is 5.73. The van der Waals surface area contributed by atoms with E-state index >= 15 is 0 Å². The van der Waals surface area contributed by atoms with Crippen molar-refractivity contribution in [3.63, 3.8) is 0 Å². The standard InChI is InChI=1S/C21H26FN3O2/c1-14-16(15(2)25-20(27)24-14)9-10-19(26)23-13-21(11-5-6-12-21)17-7-3-4-8-18(17)22/h3-4,7-8H,5-6,9-13H2,1-2H3,(H,23,26)(H,24,25,27). The summed E-state index contributed by atoms with van der Waals surface area (Å²) in [5, 5.41) is 3.01. The van der Waals surface area contributed by atoms with Gasteiger partial charge in [0.25, 0.3) is 0 Å². The molecule has 0 spiro atoms. The topological polar surface area (TPSA) is 74.8 Å². The molecule has 1 aromatic heterocycles. The van der Waals surface area contributed by atoms with E-state index in [1.807, 2.05) is 19.1 Å². The molecule has 2 N–H and O–H groups in total. The van der Waals surface area contributed by atoms with Crippen LogP contribution in [-0.4, -0.2) is 22.4 Å². The average Bonchev–Trinajstić information content (AvgIpc) is 3.09. The van der Waals surface area contributed by atoms with Crippen molar-refractivity contribution in [2.75, 3.05) is 6.54 Å². The van der Waals surface area contributed by atoms with Gasteiger partial charge in [-0.15, -0.1) is 0 Å². The Morgan fingerprint density at radius 2 is 1.96 bits per heavy atom. The van der Waals surface area contributed by atoms with Crippen LogP contribution in [0.5, 0.6) is 0 Å². The first kappa shape index (κ1) is 19.3. The summed E-state index contributed by atoms with van der Waals surface area (Å²) in [5.41, 5.74) is 2.33. The van der Waals surface area contributed by atoms with Gasteiger partial charge < -0.3 is 10.3 Å². The molecule has 1 saturated carbocycles. The number of halogens is 1. The third-order valence-electron chi connectivity index (χ3n) is 5.68. The predicted molar refractivity (Wildman–Crippen MR) is 102 cm³/mol. The van der Waals surface area contributed by atoms with Crippen LogP contribution in [0.2, 0.25) is 0 Å². The van der Waals surface area contributed by atoms with Gasteiger partial charge in [0, 0.05) is 29.8 Å². The quantitative estimate of drug-likeness (QED) is 0.819. The number of hydrogen-bond acceptors (Lipinski definition) is 3. The maximum Gasteiger partial charge on any atom is 0.345 e. The molecule has 0 radical (unpaired) electrons. The Morgan fingerprint density at radius 3 is 2.63 bits per heavy atom. The van der Waals surface area contributed by atoms with E-state index in [2.05, 4.69) is 15.3 Å². The van der Waals surface area contributed by atoms with Crippen molar-refractivity contribution in [1.29, 1.82) is 0 Å². The van der Waals surface area contributed by atoms with Crippen LogP contribution in [0.1, 0.15) is 54.6 Å². The highest BCUT2D eigenvalue weighted by Crippen LogP contribution is 2.41. The van der Waals surface area contributed by atoms with Gasteiger partial charge >= 0.3 is 5.69 Å². The molecule has 0 bridgehead atoms. The van der Waals surface area contributed by atoms with Gasteiger partial charge in [0.2, 0.25) is 5.91 Å². The van der Waals surface area contributed by atoms with Crippen molar-refractivity contribution in [3.8, 4) is 0 Å². The summed E-state index contributed by atoms with van der Waals surface area (Å²) in [7, 11) is 0. The summed E-state index contributed by atoms with van der Waals surface area (Å²) in [6.07, 6.45) is 4.69. The van der Waals surface area contributed by atoms with Crippen LogP contribution >= 0.6 is 0 Å². The van der Waals surface area contributed by atoms with Gasteiger partial charge in [0.1, 0.15) is 5.82 Å². The number of nitrogens with one attached hydrogen (secondary N) is 2. The smallest absolute Gasteiger partial charge is 0.345 e. The fourth-order valence-electron chi connectivity index (χ4n) is 4.20. The molecule has 0 atom stereocenters. The van der Waals surface area contributed by atoms with Crippen LogP contribution in [-0.2, 0) is 16.6 Å². The van der Waals surface area contributed by atoms with Crippen molar-refractivity contribution in [1.82, 2.24) is 15.3 Å². The van der Waals surface area contributed by atoms with Gasteiger partial charge in [-0.2, -0.15) is 4.98 Å². The lowest BCUT2D eigenvalue weighted by molar-refractivity contribution is -0.121. The van der Waals surface area contributed by atoms with Crippen LogP contribution < -0.4 is 11.0 Å². The minimum Gasteiger partial charge on any atom is -0.355 e. The largest absolute Gasteiger partial charge is 0.355 e. The third kappa shape index (κ3) is 4.26. The fraction of sp³-hybridized carbons (Fsp3) is 0.476. The number of hydrogen-bond donors (Lipinski definition) is 2. The maximum atomic E-state index is 14.4. The summed E-state index contributed by atoms with van der Waals surface area (Å²) in [6, 6.07) is 6.88. The summed E-state index contributed by atoms with van der Waals surface area (Å²) in [5.74, 6) is -0.262. The second kappa shape index (κ2) is 8.03. The molecule has 1 aliphatic rings. The number of nitrogens with zero attached hydrogens (tertiary/aromatic N) is 1. The number of aromatic nitrogens is 2. The summed E-state index contributed by atoms with van der Waals surface area (Å²) >= 11 is 0. The van der Waals surface area contributed by atoms with Crippen LogP contribution in [0.3, 0.4) is 0 Å². The van der Waals surface area contributed by atoms with Gasteiger partial charge in [-0.05, 0) is 50.3 Å². The minimum absolute atomic E-state index is 0.0670. The Hall–Kier alpha value is -2.50. The molecule has 0 aliphatic heterocycles. The molecule has 5 nitrogen and oxygen atoms in total. The first-order valence-electron chi connectivity index (χ1n) is 9.49. The number of aryl methyl sites for hydroxylation is 2. The number of H-pyrrole nitrogens is 1. The Morgan fingerprint density at radius 1 is 1.26 bits per heavy atom. The van der Waals surface area contributed by atoms with Gasteiger partial charge in [0.05, 0.1) is 0 Å². The van der Waals surface area contributed by atoms with Crippen molar-refractivity contribution in [2.45, 2.75) is 57.8 Å². The Labute approximate surface area is 158 Å². The molecule has 1 aromatic carbocycles. The zero-order valence-electron chi connectivity index (χ0n) is 15.9. The van der Waals surface area contributed by atoms with Gasteiger partial charge in [0.15, 0.2) is 0 Å². The highest BCUT2D eigenvalue weighted by atomic mass is 19.1. The SMILES string of the molecule is Cc1nc(=O)[nH]c(C)c1CCC(=O)NCC1(c2ccccc2F)CCCC1. The second-order valence-electron chi connectivity index (χ2n) is 7.47. The van der Waals surface area contributed by atoms with E-state index in [9.17, 15) is 14.0 Å². The number of aromatic amines is 1. The predicted octanol–water partition coefficient (Wildman–Crippen LogP) is 3.09.